The van der Waals surface area contributed by atoms with Gasteiger partial charge < -0.3 is 13.6 Å². The lowest BCUT2D eigenvalue weighted by Gasteiger charge is -2.14. The molecule has 0 atom stereocenters. The zero-order valence-corrected chi connectivity index (χ0v) is 15.2. The zero-order valence-electron chi connectivity index (χ0n) is 14.4. The van der Waals surface area contributed by atoms with Gasteiger partial charge in [0.25, 0.3) is 0 Å². The summed E-state index contributed by atoms with van der Waals surface area (Å²) in [7, 11) is -2.52. The third kappa shape index (κ3) is 4.57. The molecule has 0 saturated carbocycles. The Kier molecular flexibility index (Phi) is 5.63. The zero-order chi connectivity index (χ0) is 19.3. The lowest BCUT2D eigenvalue weighted by atomic mass is 10.0. The summed E-state index contributed by atoms with van der Waals surface area (Å²) in [5.74, 6) is 0.778. The molecule has 1 amide bonds. The van der Waals surface area contributed by atoms with Gasteiger partial charge in [0, 0.05) is 12.2 Å². The molecule has 3 aromatic rings. The number of methoxy groups -OCH3 is 1. The molecule has 8 nitrogen and oxygen atoms in total. The molecule has 0 aliphatic heterocycles. The minimum absolute atomic E-state index is 0.0610. The van der Waals surface area contributed by atoms with Gasteiger partial charge in [0.15, 0.2) is 0 Å². The van der Waals surface area contributed by atoms with Crippen molar-refractivity contribution >= 4 is 21.8 Å². The Balaban J connectivity index is 1.72. The summed E-state index contributed by atoms with van der Waals surface area (Å²) in [4.78, 5) is 11.2. The lowest BCUT2D eigenvalue weighted by Crippen LogP contribution is -2.28. The highest BCUT2D eigenvalue weighted by Crippen LogP contribution is 2.25. The Morgan fingerprint density at radius 2 is 1.63 bits per heavy atom. The number of ether oxygens (including phenoxy) is 1. The molecule has 27 heavy (non-hydrogen) atoms. The number of hydrogen-bond donors (Lipinski definition) is 2. The molecule has 0 aliphatic carbocycles. The number of hydrogen-bond acceptors (Lipinski definition) is 6. The number of carbonyl (C=O) groups excluding carboxylic acids is 1. The van der Waals surface area contributed by atoms with E-state index in [1.807, 2.05) is 0 Å². The molecule has 0 fully saturated rings. The van der Waals surface area contributed by atoms with E-state index < -0.39 is 22.0 Å². The van der Waals surface area contributed by atoms with Gasteiger partial charge in [-0.2, -0.15) is 0 Å². The van der Waals surface area contributed by atoms with Crippen molar-refractivity contribution in [3.8, 4) is 0 Å². The van der Waals surface area contributed by atoms with Crippen LogP contribution in [0.1, 0.15) is 17.4 Å². The molecule has 2 N–H and O–H groups in total. The molecule has 3 rings (SSSR count). The van der Waals surface area contributed by atoms with E-state index in [-0.39, 0.29) is 11.4 Å². The molecule has 0 saturated heterocycles. The number of furan rings is 2. The van der Waals surface area contributed by atoms with Gasteiger partial charge in [0.05, 0.1) is 30.4 Å². The predicted octanol–water partition coefficient (Wildman–Crippen LogP) is 3.16. The molecule has 142 valence electrons. The molecule has 1 aromatic carbocycles. The highest BCUT2D eigenvalue weighted by atomic mass is 32.2. The Morgan fingerprint density at radius 3 is 2.11 bits per heavy atom. The van der Waals surface area contributed by atoms with Crippen LogP contribution in [0.5, 0.6) is 0 Å². The average molecular weight is 390 g/mol. The predicted molar refractivity (Wildman–Crippen MR) is 96.9 cm³/mol. The first-order valence-electron chi connectivity index (χ1n) is 8.01. The van der Waals surface area contributed by atoms with Crippen LogP contribution in [0.4, 0.5) is 10.5 Å². The number of rotatable bonds is 7. The molecule has 0 aliphatic rings. The largest absolute Gasteiger partial charge is 0.469 e. The summed E-state index contributed by atoms with van der Waals surface area (Å²) in [6, 6.07) is 12.7. The van der Waals surface area contributed by atoms with E-state index in [4.69, 9.17) is 8.83 Å². The summed E-state index contributed by atoms with van der Waals surface area (Å²) in [5.41, 5.74) is 0.421. The number of sulfonamides is 1. The Bertz CT molecular complexity index is 929. The maximum Gasteiger partial charge on any atom is 0.411 e. The van der Waals surface area contributed by atoms with Gasteiger partial charge in [0.1, 0.15) is 11.5 Å². The van der Waals surface area contributed by atoms with Gasteiger partial charge >= 0.3 is 6.09 Å². The molecule has 0 bridgehead atoms. The third-order valence-corrected chi connectivity index (χ3v) is 5.29. The minimum Gasteiger partial charge on any atom is -0.469 e. The van der Waals surface area contributed by atoms with Crippen LogP contribution in [-0.4, -0.2) is 28.2 Å². The van der Waals surface area contributed by atoms with Gasteiger partial charge in [-0.25, -0.2) is 17.9 Å². The van der Waals surface area contributed by atoms with E-state index in [0.29, 0.717) is 17.2 Å². The second-order valence-electron chi connectivity index (χ2n) is 5.58. The molecule has 2 aromatic heterocycles. The van der Waals surface area contributed by atoms with Gasteiger partial charge in [-0.1, -0.05) is 0 Å². The second-order valence-corrected chi connectivity index (χ2v) is 7.34. The van der Waals surface area contributed by atoms with Crippen molar-refractivity contribution in [1.82, 2.24) is 4.72 Å². The fourth-order valence-corrected chi connectivity index (χ4v) is 3.53. The lowest BCUT2D eigenvalue weighted by molar-refractivity contribution is 0.187. The van der Waals surface area contributed by atoms with Crippen LogP contribution >= 0.6 is 0 Å². The highest BCUT2D eigenvalue weighted by Gasteiger charge is 2.23. The standard InChI is InChI=1S/C18H18N2O6S/c1-24-18(21)20-13-6-8-14(9-7-13)27(22,23)19-12-15(16-4-2-10-25-16)17-5-3-11-26-17/h2-11,15,19H,12H2,1H3,(H,20,21). The summed E-state index contributed by atoms with van der Waals surface area (Å²) in [6.45, 7) is 0.0610. The smallest absolute Gasteiger partial charge is 0.411 e. The maximum absolute atomic E-state index is 12.6. The van der Waals surface area contributed by atoms with Crippen LogP contribution in [0, 0.1) is 0 Å². The monoisotopic (exact) mass is 390 g/mol. The average Bonchev–Trinajstić information content (AvgIpc) is 3.37. The molecule has 0 spiro atoms. The van der Waals surface area contributed by atoms with E-state index in [0.717, 1.165) is 0 Å². The molecular formula is C18H18N2O6S. The highest BCUT2D eigenvalue weighted by molar-refractivity contribution is 7.89. The SMILES string of the molecule is COC(=O)Nc1ccc(S(=O)(=O)NCC(c2ccco2)c2ccco2)cc1. The van der Waals surface area contributed by atoms with E-state index >= 15 is 0 Å². The number of nitrogens with one attached hydrogen (secondary N) is 2. The van der Waals surface area contributed by atoms with Crippen molar-refractivity contribution in [2.75, 3.05) is 19.0 Å². The Labute approximate surface area is 156 Å². The van der Waals surface area contributed by atoms with E-state index in [1.165, 1.54) is 43.9 Å². The van der Waals surface area contributed by atoms with Gasteiger partial charge in [-0.05, 0) is 48.5 Å². The summed E-state index contributed by atoms with van der Waals surface area (Å²) in [6.07, 6.45) is 2.41. The van der Waals surface area contributed by atoms with E-state index in [9.17, 15) is 13.2 Å². The first kappa shape index (κ1) is 18.7. The van der Waals surface area contributed by atoms with Crippen molar-refractivity contribution in [2.24, 2.45) is 0 Å². The quantitative estimate of drug-likeness (QED) is 0.641. The molecule has 2 heterocycles. The van der Waals surface area contributed by atoms with Crippen LogP contribution < -0.4 is 10.0 Å². The summed E-state index contributed by atoms with van der Waals surface area (Å²) in [5, 5.41) is 2.46. The number of amides is 1. The molecule has 0 radical (unpaired) electrons. The van der Waals surface area contributed by atoms with E-state index in [2.05, 4.69) is 14.8 Å². The number of carbonyl (C=O) groups is 1. The normalized spacial score (nSPS) is 11.5. The van der Waals surface area contributed by atoms with Crippen LogP contribution in [0.3, 0.4) is 0 Å². The topological polar surface area (TPSA) is 111 Å². The third-order valence-electron chi connectivity index (χ3n) is 3.85. The molecule has 9 heteroatoms. The molecule has 0 unspecified atom stereocenters. The maximum atomic E-state index is 12.6. The van der Waals surface area contributed by atoms with Crippen molar-refractivity contribution in [2.45, 2.75) is 10.8 Å². The van der Waals surface area contributed by atoms with E-state index in [1.54, 1.807) is 24.3 Å². The van der Waals surface area contributed by atoms with Crippen molar-refractivity contribution in [3.05, 3.63) is 72.6 Å². The van der Waals surface area contributed by atoms with Crippen LogP contribution in [-0.2, 0) is 14.8 Å². The van der Waals surface area contributed by atoms with Crippen LogP contribution in [0.15, 0.2) is 74.8 Å². The minimum atomic E-state index is -3.77. The summed E-state index contributed by atoms with van der Waals surface area (Å²) < 4.78 is 43.0. The van der Waals surface area contributed by atoms with Gasteiger partial charge in [0.2, 0.25) is 10.0 Å². The van der Waals surface area contributed by atoms with Gasteiger partial charge in [-0.15, -0.1) is 0 Å². The van der Waals surface area contributed by atoms with Crippen molar-refractivity contribution in [1.29, 1.82) is 0 Å². The first-order chi connectivity index (χ1) is 13.0. The van der Waals surface area contributed by atoms with Crippen LogP contribution in [0.25, 0.3) is 0 Å². The number of benzene rings is 1. The Hall–Kier alpha value is -3.04. The number of anilines is 1. The molecular weight excluding hydrogens is 372 g/mol. The van der Waals surface area contributed by atoms with Crippen molar-refractivity contribution < 1.29 is 26.8 Å². The Morgan fingerprint density at radius 1 is 1.04 bits per heavy atom. The van der Waals surface area contributed by atoms with Crippen LogP contribution in [0.2, 0.25) is 0 Å². The first-order valence-corrected chi connectivity index (χ1v) is 9.49. The fraction of sp³-hybridized carbons (Fsp3) is 0.167. The second kappa shape index (κ2) is 8.11. The van der Waals surface area contributed by atoms with Crippen molar-refractivity contribution in [3.63, 3.8) is 0 Å². The van der Waals surface area contributed by atoms with Gasteiger partial charge in [-0.3, -0.25) is 5.32 Å². The summed E-state index contributed by atoms with van der Waals surface area (Å²) >= 11 is 0. The fourth-order valence-electron chi connectivity index (χ4n) is 2.48.